The van der Waals surface area contributed by atoms with Gasteiger partial charge >= 0.3 is 5.97 Å². The van der Waals surface area contributed by atoms with Gasteiger partial charge in [0.25, 0.3) is 5.91 Å². The van der Waals surface area contributed by atoms with Crippen LogP contribution in [0.1, 0.15) is 26.4 Å². The second-order valence-electron chi connectivity index (χ2n) is 5.94. The van der Waals surface area contributed by atoms with Gasteiger partial charge in [-0.05, 0) is 55.0 Å². The van der Waals surface area contributed by atoms with Crippen LogP contribution in [-0.4, -0.2) is 29.2 Å². The smallest absolute Gasteiger partial charge is 0.337 e. The third kappa shape index (κ3) is 4.63. The van der Waals surface area contributed by atoms with E-state index in [4.69, 9.17) is 16.3 Å². The largest absolute Gasteiger partial charge is 0.465 e. The predicted molar refractivity (Wildman–Crippen MR) is 107 cm³/mol. The number of hydrogen-bond acceptors (Lipinski definition) is 6. The molecule has 0 atom stereocenters. The first kappa shape index (κ1) is 19.3. The van der Waals surface area contributed by atoms with E-state index in [-0.39, 0.29) is 11.6 Å². The van der Waals surface area contributed by atoms with Crippen molar-refractivity contribution in [1.82, 2.24) is 10.2 Å². The van der Waals surface area contributed by atoms with Crippen molar-refractivity contribution in [3.8, 4) is 0 Å². The van der Waals surface area contributed by atoms with Crippen molar-refractivity contribution < 1.29 is 14.3 Å². The molecule has 142 valence electrons. The lowest BCUT2D eigenvalue weighted by molar-refractivity contribution is 0.0600. The summed E-state index contributed by atoms with van der Waals surface area (Å²) in [5.74, 6) is -0.472. The van der Waals surface area contributed by atoms with Gasteiger partial charge in [0.2, 0.25) is 0 Å². The van der Waals surface area contributed by atoms with Crippen LogP contribution in [0.2, 0.25) is 5.02 Å². The number of nitrogens with zero attached hydrogens (tertiary/aromatic N) is 2. The summed E-state index contributed by atoms with van der Waals surface area (Å²) in [4.78, 5) is 23.9. The standard InChI is InChI=1S/C20H17ClN4O3/c1-12-4-3-5-14(10-12)22-19(26)16-8-9-18(25-24-16)23-17-11-13(20(27)28-2)6-7-15(17)21/h3-11H,1-2H3,(H,22,26)(H,23,25). The van der Waals surface area contributed by atoms with Crippen LogP contribution in [0.3, 0.4) is 0 Å². The van der Waals surface area contributed by atoms with Gasteiger partial charge in [0.15, 0.2) is 11.5 Å². The second-order valence-corrected chi connectivity index (χ2v) is 6.35. The van der Waals surface area contributed by atoms with Crippen LogP contribution in [0.4, 0.5) is 17.2 Å². The number of rotatable bonds is 5. The van der Waals surface area contributed by atoms with Crippen LogP contribution in [0, 0.1) is 6.92 Å². The molecule has 1 aromatic heterocycles. The first-order chi connectivity index (χ1) is 13.5. The van der Waals surface area contributed by atoms with Gasteiger partial charge in [-0.3, -0.25) is 4.79 Å². The molecular weight excluding hydrogens is 380 g/mol. The maximum atomic E-state index is 12.3. The summed E-state index contributed by atoms with van der Waals surface area (Å²) in [6, 6.07) is 15.3. The number of ether oxygens (including phenoxy) is 1. The van der Waals surface area contributed by atoms with E-state index >= 15 is 0 Å². The molecule has 0 unspecified atom stereocenters. The van der Waals surface area contributed by atoms with E-state index in [1.54, 1.807) is 36.4 Å². The predicted octanol–water partition coefficient (Wildman–Crippen LogP) is 4.22. The number of benzene rings is 2. The first-order valence-electron chi connectivity index (χ1n) is 8.33. The van der Waals surface area contributed by atoms with Gasteiger partial charge in [0.1, 0.15) is 0 Å². The number of halogens is 1. The summed E-state index contributed by atoms with van der Waals surface area (Å²) in [5, 5.41) is 14.1. The van der Waals surface area contributed by atoms with Crippen molar-refractivity contribution in [2.24, 2.45) is 0 Å². The van der Waals surface area contributed by atoms with Gasteiger partial charge in [-0.1, -0.05) is 23.7 Å². The first-order valence-corrected chi connectivity index (χ1v) is 8.70. The Kier molecular flexibility index (Phi) is 5.86. The Morgan fingerprint density at radius 1 is 1.04 bits per heavy atom. The van der Waals surface area contributed by atoms with Gasteiger partial charge in [0, 0.05) is 5.69 Å². The average Bonchev–Trinajstić information content (AvgIpc) is 2.69. The Balaban J connectivity index is 1.72. The minimum absolute atomic E-state index is 0.168. The Morgan fingerprint density at radius 2 is 1.86 bits per heavy atom. The molecule has 2 aromatic carbocycles. The minimum Gasteiger partial charge on any atom is -0.465 e. The van der Waals surface area contributed by atoms with Gasteiger partial charge in [0.05, 0.1) is 23.4 Å². The molecule has 7 nitrogen and oxygen atoms in total. The number of amides is 1. The van der Waals surface area contributed by atoms with E-state index in [1.165, 1.54) is 7.11 Å². The number of carbonyl (C=O) groups is 2. The molecule has 0 radical (unpaired) electrons. The number of esters is 1. The number of methoxy groups -OCH3 is 1. The molecule has 8 heteroatoms. The third-order valence-electron chi connectivity index (χ3n) is 3.82. The number of nitrogens with one attached hydrogen (secondary N) is 2. The van der Waals surface area contributed by atoms with Crippen molar-refractivity contribution >= 4 is 40.7 Å². The van der Waals surface area contributed by atoms with Crippen molar-refractivity contribution in [3.05, 3.63) is 76.4 Å². The van der Waals surface area contributed by atoms with Crippen LogP contribution >= 0.6 is 11.6 Å². The highest BCUT2D eigenvalue weighted by atomic mass is 35.5. The van der Waals surface area contributed by atoms with Crippen LogP contribution in [0.15, 0.2) is 54.6 Å². The van der Waals surface area contributed by atoms with Gasteiger partial charge < -0.3 is 15.4 Å². The minimum atomic E-state index is -0.478. The summed E-state index contributed by atoms with van der Waals surface area (Å²) in [6.45, 7) is 1.94. The number of carbonyl (C=O) groups excluding carboxylic acids is 2. The van der Waals surface area contributed by atoms with E-state index in [2.05, 4.69) is 20.8 Å². The molecular formula is C20H17ClN4O3. The quantitative estimate of drug-likeness (QED) is 0.627. The van der Waals surface area contributed by atoms with Crippen molar-refractivity contribution in [2.45, 2.75) is 6.92 Å². The highest BCUT2D eigenvalue weighted by molar-refractivity contribution is 6.33. The monoisotopic (exact) mass is 396 g/mol. The average molecular weight is 397 g/mol. The number of aryl methyl sites for hydroxylation is 1. The molecule has 3 rings (SSSR count). The molecule has 0 aliphatic rings. The topological polar surface area (TPSA) is 93.2 Å². The maximum absolute atomic E-state index is 12.3. The number of hydrogen-bond donors (Lipinski definition) is 2. The zero-order valence-corrected chi connectivity index (χ0v) is 15.9. The zero-order valence-electron chi connectivity index (χ0n) is 15.2. The van der Waals surface area contributed by atoms with Crippen LogP contribution < -0.4 is 10.6 Å². The van der Waals surface area contributed by atoms with E-state index in [0.717, 1.165) is 5.56 Å². The van der Waals surface area contributed by atoms with Crippen LogP contribution in [0.5, 0.6) is 0 Å². The summed E-state index contributed by atoms with van der Waals surface area (Å²) in [7, 11) is 1.30. The normalized spacial score (nSPS) is 10.2. The van der Waals surface area contributed by atoms with Gasteiger partial charge in [-0.2, -0.15) is 0 Å². The highest BCUT2D eigenvalue weighted by Gasteiger charge is 2.12. The maximum Gasteiger partial charge on any atom is 0.337 e. The summed E-state index contributed by atoms with van der Waals surface area (Å²) >= 11 is 6.15. The van der Waals surface area contributed by atoms with E-state index in [9.17, 15) is 9.59 Å². The molecule has 0 aliphatic heterocycles. The Morgan fingerprint density at radius 3 is 2.54 bits per heavy atom. The van der Waals surface area contributed by atoms with Gasteiger partial charge in [-0.25, -0.2) is 4.79 Å². The van der Waals surface area contributed by atoms with Crippen LogP contribution in [0.25, 0.3) is 0 Å². The lowest BCUT2D eigenvalue weighted by Gasteiger charge is -2.09. The number of aromatic nitrogens is 2. The molecule has 0 saturated carbocycles. The molecule has 0 spiro atoms. The Hall–Kier alpha value is -3.45. The molecule has 28 heavy (non-hydrogen) atoms. The zero-order chi connectivity index (χ0) is 20.1. The highest BCUT2D eigenvalue weighted by Crippen LogP contribution is 2.26. The third-order valence-corrected chi connectivity index (χ3v) is 4.15. The number of anilines is 3. The SMILES string of the molecule is COC(=O)c1ccc(Cl)c(Nc2ccc(C(=O)Nc3cccc(C)c3)nn2)c1. The van der Waals surface area contributed by atoms with Crippen molar-refractivity contribution in [3.63, 3.8) is 0 Å². The molecule has 1 heterocycles. The fourth-order valence-electron chi connectivity index (χ4n) is 2.44. The van der Waals surface area contributed by atoms with Crippen molar-refractivity contribution in [1.29, 1.82) is 0 Å². The fourth-order valence-corrected chi connectivity index (χ4v) is 2.61. The lowest BCUT2D eigenvalue weighted by Crippen LogP contribution is -2.14. The summed E-state index contributed by atoms with van der Waals surface area (Å²) < 4.78 is 4.70. The Bertz CT molecular complexity index is 1020. The van der Waals surface area contributed by atoms with Gasteiger partial charge in [-0.15, -0.1) is 10.2 Å². The summed E-state index contributed by atoms with van der Waals surface area (Å²) in [6.07, 6.45) is 0. The van der Waals surface area contributed by atoms with Crippen LogP contribution in [-0.2, 0) is 4.74 Å². The molecule has 0 aliphatic carbocycles. The van der Waals surface area contributed by atoms with Crippen molar-refractivity contribution in [2.75, 3.05) is 17.7 Å². The lowest BCUT2D eigenvalue weighted by atomic mass is 10.2. The van der Waals surface area contributed by atoms with E-state index in [1.807, 2.05) is 25.1 Å². The molecule has 0 fully saturated rings. The molecule has 0 saturated heterocycles. The molecule has 1 amide bonds. The molecule has 3 aromatic rings. The fraction of sp³-hybridized carbons (Fsp3) is 0.100. The van der Waals surface area contributed by atoms with E-state index in [0.29, 0.717) is 27.8 Å². The second kappa shape index (κ2) is 8.49. The van der Waals surface area contributed by atoms with E-state index < -0.39 is 5.97 Å². The summed E-state index contributed by atoms with van der Waals surface area (Å²) in [5.41, 5.74) is 2.70. The Labute approximate surface area is 166 Å². The molecule has 0 bridgehead atoms. The molecule has 2 N–H and O–H groups in total.